The van der Waals surface area contributed by atoms with Crippen LogP contribution in [0, 0.1) is 0 Å². The third-order valence-electron chi connectivity index (χ3n) is 3.90. The van der Waals surface area contributed by atoms with Crippen molar-refractivity contribution in [2.24, 2.45) is 0 Å². The van der Waals surface area contributed by atoms with Crippen LogP contribution in [0.3, 0.4) is 0 Å². The lowest BCUT2D eigenvalue weighted by Gasteiger charge is -2.19. The highest BCUT2D eigenvalue weighted by Gasteiger charge is 2.18. The number of furan rings is 1. The van der Waals surface area contributed by atoms with Crippen LogP contribution in [-0.4, -0.2) is 15.4 Å². The van der Waals surface area contributed by atoms with E-state index in [1.165, 1.54) is 32.1 Å². The Morgan fingerprint density at radius 1 is 1.04 bits per heavy atom. The average molecular weight is 411 g/mol. The molecule has 2 heterocycles. The van der Waals surface area contributed by atoms with Crippen LogP contribution in [0.5, 0.6) is 0 Å². The molecule has 0 amide bonds. The van der Waals surface area contributed by atoms with Crippen molar-refractivity contribution in [3.63, 3.8) is 0 Å². The van der Waals surface area contributed by atoms with E-state index < -0.39 is 0 Å². The van der Waals surface area contributed by atoms with Crippen molar-refractivity contribution in [2.45, 2.75) is 42.6 Å². The zero-order valence-electron chi connectivity index (χ0n) is 12.3. The molecule has 0 bridgehead atoms. The summed E-state index contributed by atoms with van der Waals surface area (Å²) in [7, 11) is 3.43. The van der Waals surface area contributed by atoms with Crippen LogP contribution in [0.15, 0.2) is 42.8 Å². The molecule has 0 aliphatic heterocycles. The summed E-state index contributed by atoms with van der Waals surface area (Å²) in [5.41, 5.74) is 0.812. The first kappa shape index (κ1) is 15.6. The van der Waals surface area contributed by atoms with Crippen molar-refractivity contribution in [3.05, 3.63) is 28.7 Å². The molecular formula is C16H15BrN2O2S2. The lowest BCUT2D eigenvalue weighted by Crippen LogP contribution is -2.06. The zero-order valence-corrected chi connectivity index (χ0v) is 15.5. The third kappa shape index (κ3) is 3.61. The van der Waals surface area contributed by atoms with Gasteiger partial charge in [0.2, 0.25) is 0 Å². The van der Waals surface area contributed by atoms with Gasteiger partial charge in [-0.15, -0.1) is 5.10 Å². The molecule has 2 aromatic heterocycles. The second kappa shape index (κ2) is 6.91. The molecule has 0 spiro atoms. The number of fused-ring (bicyclic) bond motifs is 1. The Labute approximate surface area is 150 Å². The van der Waals surface area contributed by atoms with Gasteiger partial charge in [0.05, 0.1) is 0 Å². The van der Waals surface area contributed by atoms with Crippen molar-refractivity contribution in [2.75, 3.05) is 0 Å². The summed E-state index contributed by atoms with van der Waals surface area (Å²) in [6, 6.07) is 7.81. The van der Waals surface area contributed by atoms with E-state index in [-0.39, 0.29) is 0 Å². The van der Waals surface area contributed by atoms with Crippen LogP contribution >= 0.6 is 37.5 Å². The standard InChI is InChI=1S/C16H15BrN2O2S2/c17-11-6-7-13-10(8-11)9-14(20-13)15-18-19-16(21-15)23-22-12-4-2-1-3-5-12/h6-9,12H,1-5H2. The molecule has 0 saturated heterocycles. The van der Waals surface area contributed by atoms with Gasteiger partial charge in [0.15, 0.2) is 5.76 Å². The van der Waals surface area contributed by atoms with Crippen LogP contribution in [0.2, 0.25) is 0 Å². The summed E-state index contributed by atoms with van der Waals surface area (Å²) >= 11 is 3.46. The Hall–Kier alpha value is -0.920. The first-order valence-corrected chi connectivity index (χ1v) is 10.6. The van der Waals surface area contributed by atoms with Gasteiger partial charge in [0.25, 0.3) is 11.1 Å². The molecule has 4 nitrogen and oxygen atoms in total. The summed E-state index contributed by atoms with van der Waals surface area (Å²) in [6.45, 7) is 0. The molecule has 1 aromatic carbocycles. The Kier molecular flexibility index (Phi) is 4.68. The minimum Gasteiger partial charge on any atom is -0.451 e. The van der Waals surface area contributed by atoms with Gasteiger partial charge in [-0.1, -0.05) is 51.1 Å². The summed E-state index contributed by atoms with van der Waals surface area (Å²) in [5.74, 6) is 1.05. The van der Waals surface area contributed by atoms with Gasteiger partial charge in [-0.2, -0.15) is 0 Å². The fourth-order valence-corrected chi connectivity index (χ4v) is 5.48. The highest BCUT2D eigenvalue weighted by atomic mass is 79.9. The van der Waals surface area contributed by atoms with E-state index in [4.69, 9.17) is 8.83 Å². The quantitative estimate of drug-likeness (QED) is 0.469. The van der Waals surface area contributed by atoms with E-state index in [0.717, 1.165) is 15.4 Å². The largest absolute Gasteiger partial charge is 0.451 e. The highest BCUT2D eigenvalue weighted by molar-refractivity contribution is 9.10. The first-order valence-electron chi connectivity index (χ1n) is 7.64. The monoisotopic (exact) mass is 410 g/mol. The van der Waals surface area contributed by atoms with Crippen LogP contribution < -0.4 is 0 Å². The van der Waals surface area contributed by atoms with Gasteiger partial charge in [0, 0.05) is 25.9 Å². The third-order valence-corrected chi connectivity index (χ3v) is 7.08. The van der Waals surface area contributed by atoms with E-state index >= 15 is 0 Å². The van der Waals surface area contributed by atoms with Gasteiger partial charge >= 0.3 is 0 Å². The number of hydrogen-bond donors (Lipinski definition) is 0. The molecule has 0 radical (unpaired) electrons. The predicted molar refractivity (Wildman–Crippen MR) is 97.5 cm³/mol. The maximum atomic E-state index is 5.78. The lowest BCUT2D eigenvalue weighted by atomic mass is 10.0. The maximum absolute atomic E-state index is 5.78. The number of halogens is 1. The molecule has 1 aliphatic carbocycles. The van der Waals surface area contributed by atoms with E-state index in [1.54, 1.807) is 10.8 Å². The topological polar surface area (TPSA) is 52.1 Å². The van der Waals surface area contributed by atoms with Crippen molar-refractivity contribution in [3.8, 4) is 11.7 Å². The number of aromatic nitrogens is 2. The van der Waals surface area contributed by atoms with E-state index in [0.29, 0.717) is 22.1 Å². The molecule has 120 valence electrons. The minimum atomic E-state index is 0.434. The average Bonchev–Trinajstić information content (AvgIpc) is 3.20. The van der Waals surface area contributed by atoms with Crippen molar-refractivity contribution < 1.29 is 8.83 Å². The highest BCUT2D eigenvalue weighted by Crippen LogP contribution is 2.40. The molecule has 1 saturated carbocycles. The Morgan fingerprint density at radius 2 is 1.91 bits per heavy atom. The minimum absolute atomic E-state index is 0.434. The van der Waals surface area contributed by atoms with Crippen LogP contribution in [0.4, 0.5) is 0 Å². The number of nitrogens with zero attached hydrogens (tertiary/aromatic N) is 2. The second-order valence-corrected chi connectivity index (χ2v) is 8.97. The molecule has 3 aromatic rings. The Morgan fingerprint density at radius 3 is 2.78 bits per heavy atom. The van der Waals surface area contributed by atoms with Crippen molar-refractivity contribution in [1.82, 2.24) is 10.2 Å². The number of rotatable bonds is 4. The fraction of sp³-hybridized carbons (Fsp3) is 0.375. The van der Waals surface area contributed by atoms with Crippen LogP contribution in [0.1, 0.15) is 32.1 Å². The summed E-state index contributed by atoms with van der Waals surface area (Å²) in [4.78, 5) is 0. The van der Waals surface area contributed by atoms with E-state index in [1.807, 2.05) is 35.1 Å². The summed E-state index contributed by atoms with van der Waals surface area (Å²) < 4.78 is 12.5. The molecule has 23 heavy (non-hydrogen) atoms. The van der Waals surface area contributed by atoms with Crippen LogP contribution in [0.25, 0.3) is 22.6 Å². The fourth-order valence-electron chi connectivity index (χ4n) is 2.73. The molecule has 1 fully saturated rings. The first-order chi connectivity index (χ1) is 11.3. The molecule has 0 N–H and O–H groups in total. The normalized spacial score (nSPS) is 16.2. The SMILES string of the molecule is Brc1ccc2oc(-c3nnc(SSC4CCCCC4)o3)cc2c1. The molecular weight excluding hydrogens is 396 g/mol. The molecule has 0 unspecified atom stereocenters. The number of hydrogen-bond acceptors (Lipinski definition) is 6. The van der Waals surface area contributed by atoms with Gasteiger partial charge in [-0.25, -0.2) is 0 Å². The van der Waals surface area contributed by atoms with E-state index in [9.17, 15) is 0 Å². The van der Waals surface area contributed by atoms with Crippen molar-refractivity contribution in [1.29, 1.82) is 0 Å². The zero-order chi connectivity index (χ0) is 15.6. The number of benzene rings is 1. The summed E-state index contributed by atoms with van der Waals surface area (Å²) in [6.07, 6.45) is 6.62. The molecule has 7 heteroatoms. The second-order valence-electron chi connectivity index (χ2n) is 5.61. The Balaban J connectivity index is 1.47. The predicted octanol–water partition coefficient (Wildman–Crippen LogP) is 6.32. The maximum Gasteiger partial charge on any atom is 0.287 e. The molecule has 0 atom stereocenters. The Bertz CT molecular complexity index is 811. The summed E-state index contributed by atoms with van der Waals surface area (Å²) in [5, 5.41) is 10.5. The smallest absolute Gasteiger partial charge is 0.287 e. The molecule has 4 rings (SSSR count). The van der Waals surface area contributed by atoms with Crippen molar-refractivity contribution >= 4 is 48.5 Å². The van der Waals surface area contributed by atoms with Crippen LogP contribution in [-0.2, 0) is 0 Å². The molecule has 1 aliphatic rings. The van der Waals surface area contributed by atoms with Gasteiger partial charge < -0.3 is 8.83 Å². The lowest BCUT2D eigenvalue weighted by molar-refractivity contribution is 0.453. The van der Waals surface area contributed by atoms with Gasteiger partial charge in [-0.05, 0) is 37.1 Å². The van der Waals surface area contributed by atoms with E-state index in [2.05, 4.69) is 26.1 Å². The van der Waals surface area contributed by atoms with Gasteiger partial charge in [-0.3, -0.25) is 0 Å². The van der Waals surface area contributed by atoms with Gasteiger partial charge in [0.1, 0.15) is 5.58 Å².